The Morgan fingerprint density at radius 2 is 2.15 bits per heavy atom. The molecule has 0 atom stereocenters. The molecule has 0 bridgehead atoms. The number of nitrogens with one attached hydrogen (secondary N) is 1. The molecule has 0 aliphatic heterocycles. The quantitative estimate of drug-likeness (QED) is 0.852. The summed E-state index contributed by atoms with van der Waals surface area (Å²) in [4.78, 5) is 16.5. The first-order valence-electron chi connectivity index (χ1n) is 6.65. The van der Waals surface area contributed by atoms with Gasteiger partial charge in [0.25, 0.3) is 0 Å². The molecule has 2 aromatic rings. The first-order valence-corrected chi connectivity index (χ1v) is 7.18. The topological polar surface area (TPSA) is 64.7 Å². The normalized spacial score (nSPS) is 11.5. The first-order chi connectivity index (χ1) is 9.43. The van der Waals surface area contributed by atoms with Crippen LogP contribution in [0.4, 0.5) is 0 Å². The standard InChI is InChI=1S/C13H20ClN5O/c1-8(2)6-15-11(20)7-19-10(5-14)16-12-9(3)17-18(4)13(12)19/h8H,5-7H2,1-4H3,(H,15,20). The van der Waals surface area contributed by atoms with Crippen molar-refractivity contribution in [1.82, 2.24) is 24.6 Å². The molecule has 0 saturated heterocycles. The number of carbonyl (C=O) groups excluding carboxylic acids is 1. The summed E-state index contributed by atoms with van der Waals surface area (Å²) in [6.07, 6.45) is 0. The molecular weight excluding hydrogens is 278 g/mol. The molecule has 1 amide bonds. The smallest absolute Gasteiger partial charge is 0.240 e. The number of fused-ring (bicyclic) bond motifs is 1. The average Bonchev–Trinajstić information content (AvgIpc) is 2.87. The van der Waals surface area contributed by atoms with Crippen LogP contribution in [-0.2, 0) is 24.3 Å². The van der Waals surface area contributed by atoms with Crippen LogP contribution in [0, 0.1) is 12.8 Å². The van der Waals surface area contributed by atoms with Crippen LogP contribution in [0.1, 0.15) is 25.4 Å². The lowest BCUT2D eigenvalue weighted by molar-refractivity contribution is -0.121. The predicted octanol–water partition coefficient (Wildman–Crippen LogP) is 1.59. The molecule has 0 aliphatic rings. The second kappa shape index (κ2) is 5.83. The molecule has 1 N–H and O–H groups in total. The Kier molecular flexibility index (Phi) is 4.32. The Morgan fingerprint density at radius 1 is 1.45 bits per heavy atom. The first kappa shape index (κ1) is 14.8. The third kappa shape index (κ3) is 2.80. The van der Waals surface area contributed by atoms with Gasteiger partial charge in [0.15, 0.2) is 5.65 Å². The summed E-state index contributed by atoms with van der Waals surface area (Å²) in [7, 11) is 1.84. The van der Waals surface area contributed by atoms with Gasteiger partial charge in [-0.25, -0.2) is 4.98 Å². The predicted molar refractivity (Wildman–Crippen MR) is 78.6 cm³/mol. The third-order valence-corrected chi connectivity index (χ3v) is 3.34. The van der Waals surface area contributed by atoms with Crippen molar-refractivity contribution < 1.29 is 4.79 Å². The van der Waals surface area contributed by atoms with E-state index in [2.05, 4.69) is 29.2 Å². The summed E-state index contributed by atoms with van der Waals surface area (Å²) in [6, 6.07) is 0. The summed E-state index contributed by atoms with van der Waals surface area (Å²) in [5, 5.41) is 7.23. The third-order valence-electron chi connectivity index (χ3n) is 3.10. The van der Waals surface area contributed by atoms with Crippen LogP contribution in [0.15, 0.2) is 0 Å². The minimum absolute atomic E-state index is 0.0387. The van der Waals surface area contributed by atoms with Gasteiger partial charge in [0.1, 0.15) is 17.9 Å². The summed E-state index contributed by atoms with van der Waals surface area (Å²) in [5.41, 5.74) is 2.48. The number of rotatable bonds is 5. The lowest BCUT2D eigenvalue weighted by Crippen LogP contribution is -2.31. The number of carbonyl (C=O) groups is 1. The maximum Gasteiger partial charge on any atom is 0.240 e. The van der Waals surface area contributed by atoms with E-state index in [1.165, 1.54) is 0 Å². The number of halogens is 1. The van der Waals surface area contributed by atoms with Crippen LogP contribution in [-0.4, -0.2) is 31.8 Å². The van der Waals surface area contributed by atoms with Crippen molar-refractivity contribution in [1.29, 1.82) is 0 Å². The van der Waals surface area contributed by atoms with Crippen molar-refractivity contribution in [3.8, 4) is 0 Å². The van der Waals surface area contributed by atoms with Gasteiger partial charge in [-0.3, -0.25) is 9.48 Å². The van der Waals surface area contributed by atoms with Crippen LogP contribution in [0.2, 0.25) is 0 Å². The van der Waals surface area contributed by atoms with E-state index in [0.29, 0.717) is 18.3 Å². The fourth-order valence-electron chi connectivity index (χ4n) is 2.17. The van der Waals surface area contributed by atoms with Crippen LogP contribution in [0.5, 0.6) is 0 Å². The Hall–Kier alpha value is -1.56. The number of alkyl halides is 1. The minimum Gasteiger partial charge on any atom is -0.354 e. The van der Waals surface area contributed by atoms with Gasteiger partial charge in [0, 0.05) is 13.6 Å². The molecule has 0 radical (unpaired) electrons. The fourth-order valence-corrected chi connectivity index (χ4v) is 2.37. The number of hydrogen-bond acceptors (Lipinski definition) is 3. The molecule has 6 nitrogen and oxygen atoms in total. The van der Waals surface area contributed by atoms with E-state index < -0.39 is 0 Å². The molecule has 0 spiro atoms. The van der Waals surface area contributed by atoms with Crippen LogP contribution in [0.25, 0.3) is 11.2 Å². The van der Waals surface area contributed by atoms with E-state index in [1.54, 1.807) is 4.68 Å². The van der Waals surface area contributed by atoms with Gasteiger partial charge >= 0.3 is 0 Å². The maximum absolute atomic E-state index is 12.0. The average molecular weight is 298 g/mol. The Labute approximate surface area is 123 Å². The largest absolute Gasteiger partial charge is 0.354 e. The van der Waals surface area contributed by atoms with E-state index in [9.17, 15) is 4.79 Å². The van der Waals surface area contributed by atoms with Gasteiger partial charge in [0.2, 0.25) is 5.91 Å². The van der Waals surface area contributed by atoms with Crippen LogP contribution >= 0.6 is 11.6 Å². The van der Waals surface area contributed by atoms with Crippen molar-refractivity contribution in [2.45, 2.75) is 33.2 Å². The van der Waals surface area contributed by atoms with E-state index in [-0.39, 0.29) is 18.3 Å². The van der Waals surface area contributed by atoms with Crippen molar-refractivity contribution in [3.05, 3.63) is 11.5 Å². The zero-order chi connectivity index (χ0) is 14.9. The van der Waals surface area contributed by atoms with Crippen molar-refractivity contribution in [2.75, 3.05) is 6.54 Å². The highest BCUT2D eigenvalue weighted by Gasteiger charge is 2.18. The molecule has 2 heterocycles. The van der Waals surface area contributed by atoms with Crippen molar-refractivity contribution in [2.24, 2.45) is 13.0 Å². The molecule has 0 saturated carbocycles. The molecule has 0 aliphatic carbocycles. The number of nitrogens with zero attached hydrogens (tertiary/aromatic N) is 4. The minimum atomic E-state index is -0.0387. The second-order valence-corrected chi connectivity index (χ2v) is 5.59. The number of hydrogen-bond donors (Lipinski definition) is 1. The molecule has 0 unspecified atom stereocenters. The summed E-state index contributed by atoms with van der Waals surface area (Å²) >= 11 is 5.93. The highest BCUT2D eigenvalue weighted by atomic mass is 35.5. The van der Waals surface area contributed by atoms with Gasteiger partial charge in [-0.2, -0.15) is 5.10 Å². The lowest BCUT2D eigenvalue weighted by atomic mass is 10.2. The van der Waals surface area contributed by atoms with Gasteiger partial charge in [-0.05, 0) is 12.8 Å². The van der Waals surface area contributed by atoms with E-state index in [0.717, 1.165) is 16.9 Å². The van der Waals surface area contributed by atoms with Gasteiger partial charge in [-0.1, -0.05) is 13.8 Å². The number of aryl methyl sites for hydroxylation is 2. The number of aromatic nitrogens is 4. The lowest BCUT2D eigenvalue weighted by Gasteiger charge is -2.10. The van der Waals surface area contributed by atoms with E-state index in [1.807, 2.05) is 18.5 Å². The molecular formula is C13H20ClN5O. The van der Waals surface area contributed by atoms with Crippen LogP contribution in [0.3, 0.4) is 0 Å². The second-order valence-electron chi connectivity index (χ2n) is 5.33. The Bertz CT molecular complexity index is 628. The summed E-state index contributed by atoms with van der Waals surface area (Å²) in [6.45, 7) is 6.90. The molecule has 20 heavy (non-hydrogen) atoms. The maximum atomic E-state index is 12.0. The molecule has 110 valence electrons. The zero-order valence-electron chi connectivity index (χ0n) is 12.3. The molecule has 0 fully saturated rings. The molecule has 2 rings (SSSR count). The van der Waals surface area contributed by atoms with Gasteiger partial charge < -0.3 is 9.88 Å². The monoisotopic (exact) mass is 297 g/mol. The number of imidazole rings is 1. The summed E-state index contributed by atoms with van der Waals surface area (Å²) < 4.78 is 3.57. The van der Waals surface area contributed by atoms with Crippen LogP contribution < -0.4 is 5.32 Å². The molecule has 2 aromatic heterocycles. The number of amides is 1. The summed E-state index contributed by atoms with van der Waals surface area (Å²) in [5.74, 6) is 1.35. The Balaban J connectivity index is 2.30. The van der Waals surface area contributed by atoms with Gasteiger partial charge in [0.05, 0.1) is 11.6 Å². The van der Waals surface area contributed by atoms with E-state index in [4.69, 9.17) is 11.6 Å². The van der Waals surface area contributed by atoms with Crippen molar-refractivity contribution in [3.63, 3.8) is 0 Å². The highest BCUT2D eigenvalue weighted by molar-refractivity contribution is 6.16. The highest BCUT2D eigenvalue weighted by Crippen LogP contribution is 2.19. The van der Waals surface area contributed by atoms with Crippen molar-refractivity contribution >= 4 is 28.7 Å². The van der Waals surface area contributed by atoms with E-state index >= 15 is 0 Å². The molecule has 0 aromatic carbocycles. The zero-order valence-corrected chi connectivity index (χ0v) is 13.0. The SMILES string of the molecule is Cc1nn(C)c2c1nc(CCl)n2CC(=O)NCC(C)C. The fraction of sp³-hybridized carbons (Fsp3) is 0.615. The molecule has 7 heteroatoms. The Morgan fingerprint density at radius 3 is 2.75 bits per heavy atom. The van der Waals surface area contributed by atoms with Gasteiger partial charge in [-0.15, -0.1) is 11.6 Å².